The third-order valence-electron chi connectivity index (χ3n) is 2.96. The van der Waals surface area contributed by atoms with Crippen LogP contribution in [-0.2, 0) is 0 Å². The van der Waals surface area contributed by atoms with Crippen molar-refractivity contribution in [1.29, 1.82) is 0 Å². The average Bonchev–Trinajstić information content (AvgIpc) is 2.22. The Kier molecular flexibility index (Phi) is 2.91. The molecule has 15 heavy (non-hydrogen) atoms. The first-order valence-corrected chi connectivity index (χ1v) is 5.43. The van der Waals surface area contributed by atoms with E-state index in [4.69, 9.17) is 5.73 Å². The Morgan fingerprint density at radius 2 is 2.27 bits per heavy atom. The minimum Gasteiger partial charge on any atom is -0.370 e. The van der Waals surface area contributed by atoms with Crippen molar-refractivity contribution in [3.8, 4) is 0 Å². The highest BCUT2D eigenvalue weighted by Crippen LogP contribution is 2.21. The van der Waals surface area contributed by atoms with Crippen LogP contribution in [0.1, 0.15) is 18.4 Å². The smallest absolute Gasteiger partial charge is 0.126 e. The van der Waals surface area contributed by atoms with Crippen LogP contribution in [0.25, 0.3) is 0 Å². The van der Waals surface area contributed by atoms with Crippen LogP contribution >= 0.6 is 0 Å². The van der Waals surface area contributed by atoms with Crippen molar-refractivity contribution in [2.45, 2.75) is 25.8 Å². The second kappa shape index (κ2) is 4.19. The number of benzene rings is 1. The molecule has 2 N–H and O–H groups in total. The Morgan fingerprint density at radius 1 is 1.47 bits per heavy atom. The third kappa shape index (κ3) is 2.29. The monoisotopic (exact) mass is 208 g/mol. The van der Waals surface area contributed by atoms with Gasteiger partial charge in [-0.15, -0.1) is 0 Å². The van der Waals surface area contributed by atoms with Crippen LogP contribution in [0.4, 0.5) is 10.1 Å². The van der Waals surface area contributed by atoms with Gasteiger partial charge in [0, 0.05) is 24.8 Å². The molecule has 2 nitrogen and oxygen atoms in total. The predicted molar refractivity (Wildman–Crippen MR) is 60.6 cm³/mol. The molecule has 2 rings (SSSR count). The minimum absolute atomic E-state index is 0.139. The normalized spacial score (nSPS) is 21.8. The molecule has 1 aliphatic rings. The topological polar surface area (TPSA) is 29.3 Å². The Hall–Kier alpha value is -1.09. The van der Waals surface area contributed by atoms with Gasteiger partial charge in [0.2, 0.25) is 0 Å². The van der Waals surface area contributed by atoms with Crippen LogP contribution in [-0.4, -0.2) is 19.1 Å². The number of nitrogens with two attached hydrogens (primary N) is 1. The van der Waals surface area contributed by atoms with Crippen LogP contribution in [0.5, 0.6) is 0 Å². The van der Waals surface area contributed by atoms with E-state index in [2.05, 4.69) is 4.90 Å². The lowest BCUT2D eigenvalue weighted by Crippen LogP contribution is -2.42. The first-order valence-electron chi connectivity index (χ1n) is 5.43. The molecular weight excluding hydrogens is 191 g/mol. The summed E-state index contributed by atoms with van der Waals surface area (Å²) < 4.78 is 13.1. The lowest BCUT2D eigenvalue weighted by molar-refractivity contribution is 0.505. The molecule has 1 aliphatic heterocycles. The number of rotatable bonds is 1. The molecule has 0 bridgehead atoms. The SMILES string of the molecule is Cc1cc(N2CCCC(N)C2)ccc1F. The molecule has 0 aromatic heterocycles. The van der Waals surface area contributed by atoms with Gasteiger partial charge in [-0.05, 0) is 43.5 Å². The molecule has 1 fully saturated rings. The molecule has 1 heterocycles. The van der Waals surface area contributed by atoms with E-state index in [1.54, 1.807) is 6.92 Å². The lowest BCUT2D eigenvalue weighted by atomic mass is 10.1. The number of anilines is 1. The van der Waals surface area contributed by atoms with Crippen molar-refractivity contribution in [2.75, 3.05) is 18.0 Å². The van der Waals surface area contributed by atoms with Gasteiger partial charge in [0.25, 0.3) is 0 Å². The molecule has 0 saturated carbocycles. The van der Waals surface area contributed by atoms with Crippen LogP contribution in [0.3, 0.4) is 0 Å². The summed E-state index contributed by atoms with van der Waals surface area (Å²) >= 11 is 0. The van der Waals surface area contributed by atoms with E-state index in [9.17, 15) is 4.39 Å². The van der Waals surface area contributed by atoms with Crippen LogP contribution in [0, 0.1) is 12.7 Å². The van der Waals surface area contributed by atoms with E-state index in [-0.39, 0.29) is 11.9 Å². The standard InChI is InChI=1S/C12H17FN2/c1-9-7-11(4-5-12(9)13)15-6-2-3-10(14)8-15/h4-5,7,10H,2-3,6,8,14H2,1H3. The molecular formula is C12H17FN2. The third-order valence-corrected chi connectivity index (χ3v) is 2.96. The molecule has 0 spiro atoms. The van der Waals surface area contributed by atoms with Gasteiger partial charge in [0.15, 0.2) is 0 Å². The summed E-state index contributed by atoms with van der Waals surface area (Å²) in [6, 6.07) is 5.52. The Morgan fingerprint density at radius 3 is 2.93 bits per heavy atom. The van der Waals surface area contributed by atoms with Crippen LogP contribution in [0.15, 0.2) is 18.2 Å². The van der Waals surface area contributed by atoms with E-state index in [0.717, 1.165) is 31.6 Å². The summed E-state index contributed by atoms with van der Waals surface area (Å²) in [5.41, 5.74) is 7.70. The Labute approximate surface area is 89.9 Å². The molecule has 3 heteroatoms. The zero-order chi connectivity index (χ0) is 10.8. The van der Waals surface area contributed by atoms with E-state index in [0.29, 0.717) is 5.56 Å². The molecule has 1 aromatic rings. The maximum absolute atomic E-state index is 13.1. The van der Waals surface area contributed by atoms with Crippen molar-refractivity contribution < 1.29 is 4.39 Å². The van der Waals surface area contributed by atoms with Gasteiger partial charge in [0.1, 0.15) is 5.82 Å². The second-order valence-corrected chi connectivity index (χ2v) is 4.28. The molecule has 0 amide bonds. The number of aryl methyl sites for hydroxylation is 1. The zero-order valence-corrected chi connectivity index (χ0v) is 9.04. The molecule has 1 atom stereocenters. The lowest BCUT2D eigenvalue weighted by Gasteiger charge is -2.32. The molecule has 1 aromatic carbocycles. The predicted octanol–water partition coefficient (Wildman–Crippen LogP) is 2.06. The summed E-state index contributed by atoms with van der Waals surface area (Å²) in [5.74, 6) is -0.139. The number of hydrogen-bond acceptors (Lipinski definition) is 2. The fraction of sp³-hybridized carbons (Fsp3) is 0.500. The van der Waals surface area contributed by atoms with Gasteiger partial charge in [0.05, 0.1) is 0 Å². The van der Waals surface area contributed by atoms with Crippen LogP contribution in [0.2, 0.25) is 0 Å². The maximum Gasteiger partial charge on any atom is 0.126 e. The molecule has 1 saturated heterocycles. The van der Waals surface area contributed by atoms with Gasteiger partial charge >= 0.3 is 0 Å². The largest absolute Gasteiger partial charge is 0.370 e. The number of piperidine rings is 1. The van der Waals surface area contributed by atoms with Gasteiger partial charge in [-0.2, -0.15) is 0 Å². The second-order valence-electron chi connectivity index (χ2n) is 4.28. The van der Waals surface area contributed by atoms with Crippen molar-refractivity contribution in [1.82, 2.24) is 0 Å². The van der Waals surface area contributed by atoms with Crippen LogP contribution < -0.4 is 10.6 Å². The van der Waals surface area contributed by atoms with Crippen molar-refractivity contribution >= 4 is 5.69 Å². The highest BCUT2D eigenvalue weighted by atomic mass is 19.1. The van der Waals surface area contributed by atoms with E-state index in [1.165, 1.54) is 6.07 Å². The first kappa shape index (κ1) is 10.4. The highest BCUT2D eigenvalue weighted by Gasteiger charge is 2.17. The van der Waals surface area contributed by atoms with Gasteiger partial charge in [-0.25, -0.2) is 4.39 Å². The number of halogens is 1. The summed E-state index contributed by atoms with van der Waals surface area (Å²) in [6.45, 7) is 3.70. The summed E-state index contributed by atoms with van der Waals surface area (Å²) in [7, 11) is 0. The van der Waals surface area contributed by atoms with E-state index in [1.807, 2.05) is 12.1 Å². The van der Waals surface area contributed by atoms with Crippen molar-refractivity contribution in [2.24, 2.45) is 5.73 Å². The molecule has 0 aliphatic carbocycles. The highest BCUT2D eigenvalue weighted by molar-refractivity contribution is 5.49. The van der Waals surface area contributed by atoms with Gasteiger partial charge in [-0.1, -0.05) is 0 Å². The quantitative estimate of drug-likeness (QED) is 0.765. The fourth-order valence-electron chi connectivity index (χ4n) is 2.07. The van der Waals surface area contributed by atoms with Crippen molar-refractivity contribution in [3.05, 3.63) is 29.6 Å². The fourth-order valence-corrected chi connectivity index (χ4v) is 2.07. The van der Waals surface area contributed by atoms with E-state index >= 15 is 0 Å². The molecule has 1 unspecified atom stereocenters. The maximum atomic E-state index is 13.1. The minimum atomic E-state index is -0.139. The zero-order valence-electron chi connectivity index (χ0n) is 9.04. The molecule has 0 radical (unpaired) electrons. The van der Waals surface area contributed by atoms with Crippen molar-refractivity contribution in [3.63, 3.8) is 0 Å². The first-order chi connectivity index (χ1) is 7.16. The number of nitrogens with zero attached hydrogens (tertiary/aromatic N) is 1. The van der Waals surface area contributed by atoms with E-state index < -0.39 is 0 Å². The summed E-state index contributed by atoms with van der Waals surface area (Å²) in [6.07, 6.45) is 2.22. The Balaban J connectivity index is 2.18. The van der Waals surface area contributed by atoms with Gasteiger partial charge in [-0.3, -0.25) is 0 Å². The average molecular weight is 208 g/mol. The van der Waals surface area contributed by atoms with Gasteiger partial charge < -0.3 is 10.6 Å². The summed E-state index contributed by atoms with van der Waals surface area (Å²) in [5, 5.41) is 0. The summed E-state index contributed by atoms with van der Waals surface area (Å²) in [4.78, 5) is 2.24. The molecule has 82 valence electrons. The Bertz CT molecular complexity index is 351. The number of hydrogen-bond donors (Lipinski definition) is 1.